The van der Waals surface area contributed by atoms with Gasteiger partial charge in [0.25, 0.3) is 5.91 Å². The highest BCUT2D eigenvalue weighted by Crippen LogP contribution is 2.35. The van der Waals surface area contributed by atoms with Gasteiger partial charge in [0.05, 0.1) is 12.1 Å². The van der Waals surface area contributed by atoms with Crippen molar-refractivity contribution in [3.8, 4) is 5.75 Å². The molecule has 1 rings (SSSR count). The van der Waals surface area contributed by atoms with Gasteiger partial charge in [0.15, 0.2) is 6.61 Å². The Bertz CT molecular complexity index is 518. The van der Waals surface area contributed by atoms with Gasteiger partial charge in [-0.2, -0.15) is 13.2 Å². The Morgan fingerprint density at radius 1 is 1.14 bits per heavy atom. The van der Waals surface area contributed by atoms with E-state index in [9.17, 15) is 22.8 Å². The summed E-state index contributed by atoms with van der Waals surface area (Å²) in [6, 6.07) is 4.60. The van der Waals surface area contributed by atoms with E-state index in [0.717, 1.165) is 18.6 Å². The summed E-state index contributed by atoms with van der Waals surface area (Å²) in [5.74, 6) is -1.48. The van der Waals surface area contributed by atoms with E-state index in [1.165, 1.54) is 12.1 Å². The average Bonchev–Trinajstić information content (AvgIpc) is 2.48. The standard InChI is InChI=1S/C14H17F3N2O3/c1-2-7-18-12(20)8-19-13(21)9-22-11-6-4-3-5-10(11)14(15,16)17/h3-6H,2,7-9H2,1H3,(H,18,20)(H,19,21). The number of alkyl halides is 3. The Labute approximate surface area is 125 Å². The van der Waals surface area contributed by atoms with Crippen LogP contribution in [-0.4, -0.2) is 31.5 Å². The fourth-order valence-corrected chi connectivity index (χ4v) is 1.53. The molecule has 8 heteroatoms. The first-order valence-corrected chi connectivity index (χ1v) is 6.67. The Kier molecular flexibility index (Phi) is 6.68. The molecule has 0 heterocycles. The van der Waals surface area contributed by atoms with Gasteiger partial charge in [0.2, 0.25) is 5.91 Å². The maximum atomic E-state index is 12.7. The van der Waals surface area contributed by atoms with Crippen LogP contribution in [0.1, 0.15) is 18.9 Å². The Hall–Kier alpha value is -2.25. The number of ether oxygens (including phenoxy) is 1. The first-order valence-electron chi connectivity index (χ1n) is 6.67. The monoisotopic (exact) mass is 318 g/mol. The highest BCUT2D eigenvalue weighted by molar-refractivity contribution is 5.85. The molecule has 0 aromatic heterocycles. The summed E-state index contributed by atoms with van der Waals surface area (Å²) in [4.78, 5) is 22.7. The number of carbonyl (C=O) groups is 2. The fraction of sp³-hybridized carbons (Fsp3) is 0.429. The van der Waals surface area contributed by atoms with Crippen LogP contribution >= 0.6 is 0 Å². The molecule has 0 bridgehead atoms. The van der Waals surface area contributed by atoms with Crippen molar-refractivity contribution in [3.05, 3.63) is 29.8 Å². The second-order valence-corrected chi connectivity index (χ2v) is 4.41. The summed E-state index contributed by atoms with van der Waals surface area (Å²) in [5, 5.41) is 4.81. The Morgan fingerprint density at radius 3 is 2.45 bits per heavy atom. The Balaban J connectivity index is 2.47. The van der Waals surface area contributed by atoms with Gasteiger partial charge < -0.3 is 15.4 Å². The number of para-hydroxylation sites is 1. The molecule has 0 aliphatic heterocycles. The number of benzene rings is 1. The second-order valence-electron chi connectivity index (χ2n) is 4.41. The summed E-state index contributed by atoms with van der Waals surface area (Å²) in [6.45, 7) is 1.52. The molecule has 0 aliphatic carbocycles. The Morgan fingerprint density at radius 2 is 1.82 bits per heavy atom. The largest absolute Gasteiger partial charge is 0.483 e. The van der Waals surface area contributed by atoms with Crippen LogP contribution < -0.4 is 15.4 Å². The normalized spacial score (nSPS) is 10.9. The van der Waals surface area contributed by atoms with Gasteiger partial charge in [0.1, 0.15) is 5.75 Å². The predicted molar refractivity (Wildman–Crippen MR) is 73.2 cm³/mol. The molecule has 122 valence electrons. The van der Waals surface area contributed by atoms with Crippen LogP contribution in [0.2, 0.25) is 0 Å². The van der Waals surface area contributed by atoms with E-state index < -0.39 is 30.0 Å². The smallest absolute Gasteiger partial charge is 0.419 e. The van der Waals surface area contributed by atoms with Gasteiger partial charge in [-0.15, -0.1) is 0 Å². The van der Waals surface area contributed by atoms with E-state index in [1.807, 2.05) is 6.92 Å². The van der Waals surface area contributed by atoms with Crippen LogP contribution in [0.4, 0.5) is 13.2 Å². The third-order valence-corrected chi connectivity index (χ3v) is 2.57. The van der Waals surface area contributed by atoms with E-state index in [1.54, 1.807) is 0 Å². The number of hydrogen-bond acceptors (Lipinski definition) is 3. The van der Waals surface area contributed by atoms with Crippen molar-refractivity contribution in [1.29, 1.82) is 0 Å². The summed E-state index contributed by atoms with van der Waals surface area (Å²) in [6.07, 6.45) is -3.80. The van der Waals surface area contributed by atoms with Crippen molar-refractivity contribution in [2.24, 2.45) is 0 Å². The lowest BCUT2D eigenvalue weighted by atomic mass is 10.2. The van der Waals surface area contributed by atoms with Gasteiger partial charge in [-0.3, -0.25) is 9.59 Å². The third kappa shape index (κ3) is 6.02. The lowest BCUT2D eigenvalue weighted by Gasteiger charge is -2.13. The molecule has 5 nitrogen and oxygen atoms in total. The molecule has 1 aromatic rings. The van der Waals surface area contributed by atoms with Crippen LogP contribution in [0.15, 0.2) is 24.3 Å². The van der Waals surface area contributed by atoms with E-state index in [-0.39, 0.29) is 12.5 Å². The lowest BCUT2D eigenvalue weighted by molar-refractivity contribution is -0.139. The van der Waals surface area contributed by atoms with Crippen LogP contribution in [-0.2, 0) is 15.8 Å². The van der Waals surface area contributed by atoms with Crippen LogP contribution in [0.25, 0.3) is 0 Å². The molecule has 0 spiro atoms. The van der Waals surface area contributed by atoms with Crippen molar-refractivity contribution in [3.63, 3.8) is 0 Å². The first kappa shape index (κ1) is 17.8. The summed E-state index contributed by atoms with van der Waals surface area (Å²) >= 11 is 0. The lowest BCUT2D eigenvalue weighted by Crippen LogP contribution is -2.39. The van der Waals surface area contributed by atoms with Crippen molar-refractivity contribution < 1.29 is 27.5 Å². The highest BCUT2D eigenvalue weighted by Gasteiger charge is 2.34. The fourth-order valence-electron chi connectivity index (χ4n) is 1.53. The molecule has 0 saturated heterocycles. The number of rotatable bonds is 7. The molecule has 0 saturated carbocycles. The van der Waals surface area contributed by atoms with Crippen LogP contribution in [0, 0.1) is 0 Å². The molecule has 0 atom stereocenters. The molecule has 0 aliphatic rings. The van der Waals surface area contributed by atoms with Gasteiger partial charge in [-0.1, -0.05) is 19.1 Å². The maximum Gasteiger partial charge on any atom is 0.419 e. The average molecular weight is 318 g/mol. The quantitative estimate of drug-likeness (QED) is 0.804. The number of hydrogen-bond donors (Lipinski definition) is 2. The number of nitrogens with one attached hydrogen (secondary N) is 2. The summed E-state index contributed by atoms with van der Waals surface area (Å²) in [5.41, 5.74) is -0.955. The van der Waals surface area contributed by atoms with Gasteiger partial charge >= 0.3 is 6.18 Å². The number of carbonyl (C=O) groups excluding carboxylic acids is 2. The van der Waals surface area contributed by atoms with Gasteiger partial charge in [-0.05, 0) is 18.6 Å². The molecule has 0 radical (unpaired) electrons. The number of amides is 2. The SMILES string of the molecule is CCCNC(=O)CNC(=O)COc1ccccc1C(F)(F)F. The molecule has 22 heavy (non-hydrogen) atoms. The molecule has 2 N–H and O–H groups in total. The number of halogens is 3. The predicted octanol–water partition coefficient (Wildman–Crippen LogP) is 1.73. The van der Waals surface area contributed by atoms with Crippen molar-refractivity contribution in [2.45, 2.75) is 19.5 Å². The molecule has 1 aromatic carbocycles. The van der Waals surface area contributed by atoms with Gasteiger partial charge in [0, 0.05) is 6.54 Å². The van der Waals surface area contributed by atoms with Crippen molar-refractivity contribution >= 4 is 11.8 Å². The highest BCUT2D eigenvalue weighted by atomic mass is 19.4. The maximum absolute atomic E-state index is 12.7. The molecule has 2 amide bonds. The van der Waals surface area contributed by atoms with Crippen molar-refractivity contribution in [2.75, 3.05) is 19.7 Å². The summed E-state index contributed by atoms with van der Waals surface area (Å²) < 4.78 is 43.0. The topological polar surface area (TPSA) is 67.4 Å². The minimum absolute atomic E-state index is 0.247. The van der Waals surface area contributed by atoms with E-state index in [4.69, 9.17) is 4.74 Å². The molecule has 0 fully saturated rings. The van der Waals surface area contributed by atoms with Gasteiger partial charge in [-0.25, -0.2) is 0 Å². The zero-order valence-electron chi connectivity index (χ0n) is 12.0. The van der Waals surface area contributed by atoms with Crippen LogP contribution in [0.5, 0.6) is 5.75 Å². The van der Waals surface area contributed by atoms with E-state index >= 15 is 0 Å². The molecular formula is C14H17F3N2O3. The zero-order chi connectivity index (χ0) is 16.6. The van der Waals surface area contributed by atoms with Crippen molar-refractivity contribution in [1.82, 2.24) is 10.6 Å². The summed E-state index contributed by atoms with van der Waals surface area (Å²) in [7, 11) is 0. The minimum Gasteiger partial charge on any atom is -0.483 e. The first-order chi connectivity index (χ1) is 10.3. The van der Waals surface area contributed by atoms with E-state index in [0.29, 0.717) is 6.54 Å². The zero-order valence-corrected chi connectivity index (χ0v) is 12.0. The molecule has 0 unspecified atom stereocenters. The minimum atomic E-state index is -4.56. The second kappa shape index (κ2) is 8.26. The van der Waals surface area contributed by atoms with Crippen LogP contribution in [0.3, 0.4) is 0 Å². The third-order valence-electron chi connectivity index (χ3n) is 2.57. The molecular weight excluding hydrogens is 301 g/mol. The van der Waals surface area contributed by atoms with E-state index in [2.05, 4.69) is 10.6 Å².